The molecule has 1 N–H and O–H groups in total. The number of nitriles is 1. The summed E-state index contributed by atoms with van der Waals surface area (Å²) in [4.78, 5) is 12.0. The Balaban J connectivity index is 1.66. The zero-order chi connectivity index (χ0) is 19.2. The molecule has 6 heteroatoms. The van der Waals surface area contributed by atoms with Crippen molar-refractivity contribution >= 4 is 40.9 Å². The van der Waals surface area contributed by atoms with Gasteiger partial charge in [-0.2, -0.15) is 5.26 Å². The van der Waals surface area contributed by atoms with Gasteiger partial charge in [0.2, 0.25) is 5.91 Å². The Hall–Kier alpha value is -3.00. The average Bonchev–Trinajstić information content (AvgIpc) is 3.13. The molecule has 0 spiro atoms. The summed E-state index contributed by atoms with van der Waals surface area (Å²) in [6.45, 7) is 0. The molecule has 0 atom stereocenters. The monoisotopic (exact) mass is 396 g/mol. The van der Waals surface area contributed by atoms with Gasteiger partial charge in [0.15, 0.2) is 0 Å². The molecular weight excluding hydrogens is 383 g/mol. The van der Waals surface area contributed by atoms with Crippen molar-refractivity contribution in [3.8, 4) is 17.4 Å². The lowest BCUT2D eigenvalue weighted by Crippen LogP contribution is -2.07. The van der Waals surface area contributed by atoms with Gasteiger partial charge in [0, 0.05) is 17.3 Å². The van der Waals surface area contributed by atoms with Crippen molar-refractivity contribution in [3.05, 3.63) is 82.0 Å². The Labute approximate surface area is 166 Å². The van der Waals surface area contributed by atoms with Crippen LogP contribution in [0.4, 0.5) is 5.69 Å². The molecule has 3 aromatic rings. The molecule has 2 aromatic carbocycles. The summed E-state index contributed by atoms with van der Waals surface area (Å²) in [6, 6.07) is 18.0. The third-order valence-electron chi connectivity index (χ3n) is 3.75. The van der Waals surface area contributed by atoms with E-state index in [0.29, 0.717) is 39.2 Å². The summed E-state index contributed by atoms with van der Waals surface area (Å²) >= 11 is 12.2. The molecule has 0 aliphatic carbocycles. The maximum atomic E-state index is 12.0. The van der Waals surface area contributed by atoms with E-state index in [0.717, 1.165) is 5.56 Å². The minimum Gasteiger partial charge on any atom is -0.457 e. The number of anilines is 1. The van der Waals surface area contributed by atoms with Crippen LogP contribution in [0.3, 0.4) is 0 Å². The van der Waals surface area contributed by atoms with Crippen LogP contribution >= 0.6 is 23.2 Å². The molecule has 0 aliphatic heterocycles. The van der Waals surface area contributed by atoms with Crippen LogP contribution in [0, 0.1) is 11.3 Å². The van der Waals surface area contributed by atoms with Gasteiger partial charge in [-0.15, -0.1) is 0 Å². The number of nitrogens with one attached hydrogen (secondary N) is 1. The Morgan fingerprint density at radius 3 is 2.63 bits per heavy atom. The number of nitrogens with zero attached hydrogens (tertiary/aromatic N) is 1. The van der Waals surface area contributed by atoms with Gasteiger partial charge in [-0.05, 0) is 48.0 Å². The molecule has 1 amide bonds. The quantitative estimate of drug-likeness (QED) is 0.540. The van der Waals surface area contributed by atoms with E-state index in [2.05, 4.69) is 11.4 Å². The lowest BCUT2D eigenvalue weighted by molar-refractivity contribution is -0.111. The van der Waals surface area contributed by atoms with Gasteiger partial charge in [0.1, 0.15) is 11.5 Å². The SMILES string of the molecule is N#CCc1ccc(NC(=O)/C=C/c2ccc(-c3cccc(Cl)c3Cl)o2)cc1. The van der Waals surface area contributed by atoms with Gasteiger partial charge in [0.25, 0.3) is 0 Å². The summed E-state index contributed by atoms with van der Waals surface area (Å²) in [5.41, 5.74) is 2.23. The first-order chi connectivity index (χ1) is 13.1. The zero-order valence-electron chi connectivity index (χ0n) is 14.1. The summed E-state index contributed by atoms with van der Waals surface area (Å²) < 4.78 is 5.71. The topological polar surface area (TPSA) is 66.0 Å². The number of furan rings is 1. The number of amides is 1. The van der Waals surface area contributed by atoms with Crippen LogP contribution in [0.5, 0.6) is 0 Å². The van der Waals surface area contributed by atoms with Gasteiger partial charge in [-0.25, -0.2) is 0 Å². The van der Waals surface area contributed by atoms with Gasteiger partial charge < -0.3 is 9.73 Å². The predicted molar refractivity (Wildman–Crippen MR) is 108 cm³/mol. The highest BCUT2D eigenvalue weighted by Crippen LogP contribution is 2.34. The smallest absolute Gasteiger partial charge is 0.248 e. The molecule has 0 saturated heterocycles. The first-order valence-electron chi connectivity index (χ1n) is 8.06. The number of benzene rings is 2. The summed E-state index contributed by atoms with van der Waals surface area (Å²) in [5.74, 6) is 0.790. The largest absolute Gasteiger partial charge is 0.457 e. The number of rotatable bonds is 5. The number of carbonyl (C=O) groups excluding carboxylic acids is 1. The Morgan fingerprint density at radius 2 is 1.89 bits per heavy atom. The lowest BCUT2D eigenvalue weighted by atomic mass is 10.1. The van der Waals surface area contributed by atoms with Gasteiger partial charge in [-0.3, -0.25) is 4.79 Å². The van der Waals surface area contributed by atoms with Crippen LogP contribution < -0.4 is 5.32 Å². The molecule has 0 aliphatic rings. The highest BCUT2D eigenvalue weighted by Gasteiger charge is 2.10. The van der Waals surface area contributed by atoms with E-state index in [9.17, 15) is 4.79 Å². The number of carbonyl (C=O) groups is 1. The fourth-order valence-corrected chi connectivity index (χ4v) is 2.81. The van der Waals surface area contributed by atoms with Crippen molar-refractivity contribution in [2.45, 2.75) is 6.42 Å². The Morgan fingerprint density at radius 1 is 1.11 bits per heavy atom. The zero-order valence-corrected chi connectivity index (χ0v) is 15.6. The second-order valence-corrected chi connectivity index (χ2v) is 6.44. The van der Waals surface area contributed by atoms with E-state index >= 15 is 0 Å². The van der Waals surface area contributed by atoms with Gasteiger partial charge >= 0.3 is 0 Å². The van der Waals surface area contributed by atoms with Crippen LogP contribution in [0.1, 0.15) is 11.3 Å². The van der Waals surface area contributed by atoms with E-state index in [-0.39, 0.29) is 5.91 Å². The van der Waals surface area contributed by atoms with E-state index in [1.54, 1.807) is 54.6 Å². The van der Waals surface area contributed by atoms with E-state index < -0.39 is 0 Å². The molecule has 27 heavy (non-hydrogen) atoms. The van der Waals surface area contributed by atoms with Crippen molar-refractivity contribution in [1.82, 2.24) is 0 Å². The van der Waals surface area contributed by atoms with Crippen LogP contribution in [0.25, 0.3) is 17.4 Å². The Kier molecular flexibility index (Phi) is 5.97. The van der Waals surface area contributed by atoms with E-state index in [1.807, 2.05) is 6.07 Å². The standard InChI is InChI=1S/C21H14Cl2N2O2/c22-18-3-1-2-17(21(18)23)19-10-8-16(27-19)9-11-20(26)25-15-6-4-14(5-7-15)12-13-24/h1-11H,12H2,(H,25,26)/b11-9+. The summed E-state index contributed by atoms with van der Waals surface area (Å²) in [6.07, 6.45) is 3.29. The third-order valence-corrected chi connectivity index (χ3v) is 4.57. The van der Waals surface area contributed by atoms with Crippen molar-refractivity contribution in [1.29, 1.82) is 5.26 Å². The predicted octanol–water partition coefficient (Wildman–Crippen LogP) is 5.97. The summed E-state index contributed by atoms with van der Waals surface area (Å²) in [7, 11) is 0. The molecule has 3 rings (SSSR count). The lowest BCUT2D eigenvalue weighted by Gasteiger charge is -2.03. The van der Waals surface area contributed by atoms with Crippen LogP contribution in [0.2, 0.25) is 10.0 Å². The molecule has 1 aromatic heterocycles. The minimum absolute atomic E-state index is 0.290. The maximum absolute atomic E-state index is 12.0. The minimum atomic E-state index is -0.290. The van der Waals surface area contributed by atoms with Crippen molar-refractivity contribution in [2.75, 3.05) is 5.32 Å². The van der Waals surface area contributed by atoms with Crippen molar-refractivity contribution in [2.24, 2.45) is 0 Å². The average molecular weight is 397 g/mol. The fourth-order valence-electron chi connectivity index (χ4n) is 2.42. The van der Waals surface area contributed by atoms with Crippen molar-refractivity contribution in [3.63, 3.8) is 0 Å². The fraction of sp³-hybridized carbons (Fsp3) is 0.0476. The normalized spacial score (nSPS) is 10.7. The van der Waals surface area contributed by atoms with Gasteiger partial charge in [0.05, 0.1) is 22.5 Å². The Bertz CT molecular complexity index is 1030. The van der Waals surface area contributed by atoms with Crippen LogP contribution in [-0.4, -0.2) is 5.91 Å². The van der Waals surface area contributed by atoms with Gasteiger partial charge in [-0.1, -0.05) is 41.4 Å². The molecule has 0 fully saturated rings. The molecular formula is C21H14Cl2N2O2. The second kappa shape index (κ2) is 8.59. The highest BCUT2D eigenvalue weighted by molar-refractivity contribution is 6.43. The van der Waals surface area contributed by atoms with Crippen LogP contribution in [0.15, 0.2) is 65.1 Å². The molecule has 0 radical (unpaired) electrons. The first-order valence-corrected chi connectivity index (χ1v) is 8.81. The number of halogens is 2. The summed E-state index contributed by atoms with van der Waals surface area (Å²) in [5, 5.41) is 12.3. The van der Waals surface area contributed by atoms with Crippen LogP contribution in [-0.2, 0) is 11.2 Å². The number of hydrogen-bond donors (Lipinski definition) is 1. The molecule has 1 heterocycles. The molecule has 4 nitrogen and oxygen atoms in total. The number of hydrogen-bond acceptors (Lipinski definition) is 3. The molecule has 0 unspecified atom stereocenters. The molecule has 134 valence electrons. The first kappa shape index (κ1) is 18.8. The van der Waals surface area contributed by atoms with E-state index in [1.165, 1.54) is 6.08 Å². The maximum Gasteiger partial charge on any atom is 0.248 e. The highest BCUT2D eigenvalue weighted by atomic mass is 35.5. The van der Waals surface area contributed by atoms with E-state index in [4.69, 9.17) is 32.9 Å². The second-order valence-electron chi connectivity index (χ2n) is 5.66. The van der Waals surface area contributed by atoms with Crippen molar-refractivity contribution < 1.29 is 9.21 Å². The molecule has 0 saturated carbocycles. The third kappa shape index (κ3) is 4.79. The molecule has 0 bridgehead atoms.